The maximum absolute atomic E-state index is 6.14. The number of benzene rings is 1. The van der Waals surface area contributed by atoms with Gasteiger partial charge in [0.1, 0.15) is 11.4 Å². The molecular formula is C27H39N3O. The Morgan fingerprint density at radius 1 is 0.935 bits per heavy atom. The lowest BCUT2D eigenvalue weighted by atomic mass is 10.1. The highest BCUT2D eigenvalue weighted by molar-refractivity contribution is 5.66. The fourth-order valence-electron chi connectivity index (χ4n) is 4.00. The Balaban J connectivity index is 1.55. The molecule has 0 bridgehead atoms. The molecule has 3 aromatic rings. The Labute approximate surface area is 188 Å². The van der Waals surface area contributed by atoms with E-state index in [2.05, 4.69) is 79.7 Å². The van der Waals surface area contributed by atoms with Gasteiger partial charge in [0.15, 0.2) is 0 Å². The van der Waals surface area contributed by atoms with Gasteiger partial charge in [-0.3, -0.25) is 0 Å². The Morgan fingerprint density at radius 3 is 2.39 bits per heavy atom. The minimum absolute atomic E-state index is 0.766. The predicted octanol–water partition coefficient (Wildman–Crippen LogP) is 6.68. The number of pyridine rings is 1. The lowest BCUT2D eigenvalue weighted by Gasteiger charge is -2.21. The summed E-state index contributed by atoms with van der Waals surface area (Å²) in [5.41, 5.74) is 5.50. The molecule has 0 radical (unpaired) electrons. The van der Waals surface area contributed by atoms with Gasteiger partial charge in [0.05, 0.1) is 12.3 Å². The third kappa shape index (κ3) is 6.83. The normalized spacial score (nSPS) is 11.5. The van der Waals surface area contributed by atoms with Crippen LogP contribution in [0, 0.1) is 13.8 Å². The van der Waals surface area contributed by atoms with Crippen molar-refractivity contribution in [2.75, 3.05) is 26.2 Å². The number of ether oxygens (including phenoxy) is 1. The maximum atomic E-state index is 6.14. The van der Waals surface area contributed by atoms with Crippen molar-refractivity contribution in [3.05, 3.63) is 53.9 Å². The second-order valence-electron chi connectivity index (χ2n) is 8.69. The quantitative estimate of drug-likeness (QED) is 0.288. The molecule has 0 saturated heterocycles. The average molecular weight is 422 g/mol. The molecule has 0 unspecified atom stereocenters. The second kappa shape index (κ2) is 11.9. The zero-order valence-electron chi connectivity index (χ0n) is 19.9. The second-order valence-corrected chi connectivity index (χ2v) is 8.69. The molecule has 4 nitrogen and oxygen atoms in total. The van der Waals surface area contributed by atoms with E-state index in [0.717, 1.165) is 35.7 Å². The van der Waals surface area contributed by atoms with E-state index in [-0.39, 0.29) is 0 Å². The largest absolute Gasteiger partial charge is 0.494 e. The van der Waals surface area contributed by atoms with Gasteiger partial charge in [0.25, 0.3) is 0 Å². The first-order valence-electron chi connectivity index (χ1n) is 12.0. The van der Waals surface area contributed by atoms with Crippen LogP contribution in [0.4, 0.5) is 0 Å². The molecule has 168 valence electrons. The highest BCUT2D eigenvalue weighted by atomic mass is 16.5. The van der Waals surface area contributed by atoms with Gasteiger partial charge in [-0.25, -0.2) is 4.98 Å². The molecule has 0 fully saturated rings. The van der Waals surface area contributed by atoms with Crippen LogP contribution in [0.3, 0.4) is 0 Å². The molecule has 3 rings (SSSR count). The third-order valence-corrected chi connectivity index (χ3v) is 5.82. The van der Waals surface area contributed by atoms with Crippen LogP contribution < -0.4 is 4.74 Å². The third-order valence-electron chi connectivity index (χ3n) is 5.82. The molecule has 31 heavy (non-hydrogen) atoms. The molecule has 0 N–H and O–H groups in total. The van der Waals surface area contributed by atoms with E-state index < -0.39 is 0 Å². The summed E-state index contributed by atoms with van der Waals surface area (Å²) >= 11 is 0. The molecule has 0 amide bonds. The molecule has 4 heteroatoms. The molecule has 0 aliphatic heterocycles. The average Bonchev–Trinajstić information content (AvgIpc) is 3.20. The molecule has 0 atom stereocenters. The first-order valence-corrected chi connectivity index (χ1v) is 12.0. The number of unbranched alkanes of at least 4 members (excludes halogenated alkanes) is 3. The SMILES string of the molecule is CCCCN(CCCC)CCCCOc1cc(C)cc(-c2cn3cccc(C)c3n2)c1. The van der Waals surface area contributed by atoms with E-state index in [1.807, 2.05) is 0 Å². The van der Waals surface area contributed by atoms with Gasteiger partial charge in [-0.1, -0.05) is 32.8 Å². The summed E-state index contributed by atoms with van der Waals surface area (Å²) < 4.78 is 8.23. The first kappa shape index (κ1) is 23.3. The van der Waals surface area contributed by atoms with Crippen LogP contribution in [0.25, 0.3) is 16.9 Å². The standard InChI is InChI=1S/C27H39N3O/c1-5-7-13-29(14-8-6-2)15-9-10-17-31-25-19-22(3)18-24(20-25)26-21-30-16-11-12-23(4)27(30)28-26/h11-12,16,18-21H,5-10,13-15,17H2,1-4H3. The van der Waals surface area contributed by atoms with Gasteiger partial charge in [0, 0.05) is 18.0 Å². The van der Waals surface area contributed by atoms with Crippen molar-refractivity contribution in [2.24, 2.45) is 0 Å². The topological polar surface area (TPSA) is 29.8 Å². The Bertz CT molecular complexity index is 939. The van der Waals surface area contributed by atoms with Crippen molar-refractivity contribution >= 4 is 5.65 Å². The van der Waals surface area contributed by atoms with Crippen molar-refractivity contribution in [1.82, 2.24) is 14.3 Å². The minimum atomic E-state index is 0.766. The Hall–Kier alpha value is -2.33. The zero-order valence-corrected chi connectivity index (χ0v) is 19.9. The Morgan fingerprint density at radius 2 is 1.68 bits per heavy atom. The molecular weight excluding hydrogens is 382 g/mol. The van der Waals surface area contributed by atoms with E-state index in [9.17, 15) is 0 Å². The summed E-state index contributed by atoms with van der Waals surface area (Å²) in [6.07, 6.45) is 11.6. The summed E-state index contributed by atoms with van der Waals surface area (Å²) in [6, 6.07) is 10.6. The van der Waals surface area contributed by atoms with Crippen LogP contribution in [0.15, 0.2) is 42.7 Å². The number of hydrogen-bond donors (Lipinski definition) is 0. The molecule has 0 aliphatic rings. The van der Waals surface area contributed by atoms with Crippen LogP contribution in [0.1, 0.15) is 63.5 Å². The van der Waals surface area contributed by atoms with Crippen molar-refractivity contribution in [3.63, 3.8) is 0 Å². The van der Waals surface area contributed by atoms with Crippen molar-refractivity contribution in [3.8, 4) is 17.0 Å². The monoisotopic (exact) mass is 421 g/mol. The van der Waals surface area contributed by atoms with Gasteiger partial charge >= 0.3 is 0 Å². The molecule has 1 aromatic carbocycles. The van der Waals surface area contributed by atoms with Crippen LogP contribution in [-0.2, 0) is 0 Å². The molecule has 2 aromatic heterocycles. The summed E-state index contributed by atoms with van der Waals surface area (Å²) in [7, 11) is 0. The van der Waals surface area contributed by atoms with Crippen LogP contribution in [0.5, 0.6) is 5.75 Å². The number of imidazole rings is 1. The van der Waals surface area contributed by atoms with Crippen molar-refractivity contribution in [1.29, 1.82) is 0 Å². The highest BCUT2D eigenvalue weighted by Crippen LogP contribution is 2.26. The number of rotatable bonds is 13. The van der Waals surface area contributed by atoms with Gasteiger partial charge in [-0.05, 0) is 94.6 Å². The van der Waals surface area contributed by atoms with Crippen LogP contribution in [0.2, 0.25) is 0 Å². The molecule has 2 heterocycles. The van der Waals surface area contributed by atoms with Crippen LogP contribution in [-0.4, -0.2) is 40.5 Å². The smallest absolute Gasteiger partial charge is 0.140 e. The van der Waals surface area contributed by atoms with E-state index in [0.29, 0.717) is 0 Å². The first-order chi connectivity index (χ1) is 15.1. The Kier molecular flexibility index (Phi) is 8.96. The zero-order chi connectivity index (χ0) is 22.1. The molecule has 0 aliphatic carbocycles. The number of fused-ring (bicyclic) bond motifs is 1. The summed E-state index contributed by atoms with van der Waals surface area (Å²) in [4.78, 5) is 7.47. The fraction of sp³-hybridized carbons (Fsp3) is 0.519. The van der Waals surface area contributed by atoms with Crippen molar-refractivity contribution in [2.45, 2.75) is 66.2 Å². The number of hydrogen-bond acceptors (Lipinski definition) is 3. The van der Waals surface area contributed by atoms with Gasteiger partial charge < -0.3 is 14.0 Å². The molecule has 0 saturated carbocycles. The number of aryl methyl sites for hydroxylation is 2. The number of aromatic nitrogens is 2. The summed E-state index contributed by atoms with van der Waals surface area (Å²) in [6.45, 7) is 13.2. The summed E-state index contributed by atoms with van der Waals surface area (Å²) in [5, 5.41) is 0. The molecule has 0 spiro atoms. The summed E-state index contributed by atoms with van der Waals surface area (Å²) in [5.74, 6) is 0.942. The van der Waals surface area contributed by atoms with Gasteiger partial charge in [0.2, 0.25) is 0 Å². The lowest BCUT2D eigenvalue weighted by molar-refractivity contribution is 0.243. The van der Waals surface area contributed by atoms with E-state index in [4.69, 9.17) is 9.72 Å². The van der Waals surface area contributed by atoms with Gasteiger partial charge in [-0.2, -0.15) is 0 Å². The van der Waals surface area contributed by atoms with Gasteiger partial charge in [-0.15, -0.1) is 0 Å². The van der Waals surface area contributed by atoms with Crippen LogP contribution >= 0.6 is 0 Å². The lowest BCUT2D eigenvalue weighted by Crippen LogP contribution is -2.27. The predicted molar refractivity (Wildman–Crippen MR) is 131 cm³/mol. The highest BCUT2D eigenvalue weighted by Gasteiger charge is 2.09. The minimum Gasteiger partial charge on any atom is -0.494 e. The number of nitrogens with zero attached hydrogens (tertiary/aromatic N) is 3. The van der Waals surface area contributed by atoms with E-state index in [1.165, 1.54) is 62.9 Å². The van der Waals surface area contributed by atoms with Crippen molar-refractivity contribution < 1.29 is 4.74 Å². The van der Waals surface area contributed by atoms with E-state index in [1.54, 1.807) is 0 Å². The maximum Gasteiger partial charge on any atom is 0.140 e. The van der Waals surface area contributed by atoms with E-state index >= 15 is 0 Å². The fourth-order valence-corrected chi connectivity index (χ4v) is 4.00.